The second kappa shape index (κ2) is 10.6. The quantitative estimate of drug-likeness (QED) is 0.478. The van der Waals surface area contributed by atoms with Crippen molar-refractivity contribution in [2.75, 3.05) is 47.0 Å². The first kappa shape index (κ1) is 24.1. The van der Waals surface area contributed by atoms with Crippen LogP contribution in [-0.4, -0.2) is 72.3 Å². The van der Waals surface area contributed by atoms with Gasteiger partial charge in [0, 0.05) is 58.2 Å². The Kier molecular flexibility index (Phi) is 7.09. The third-order valence-electron chi connectivity index (χ3n) is 7.00. The molecule has 3 aromatic rings. The van der Waals surface area contributed by atoms with Crippen LogP contribution in [-0.2, 0) is 24.3 Å². The van der Waals surface area contributed by atoms with E-state index in [0.717, 1.165) is 51.5 Å². The number of piperazine rings is 1. The van der Waals surface area contributed by atoms with E-state index in [9.17, 15) is 9.59 Å². The summed E-state index contributed by atoms with van der Waals surface area (Å²) in [5.41, 5.74) is 2.99. The topological polar surface area (TPSA) is 86.1 Å². The van der Waals surface area contributed by atoms with Gasteiger partial charge in [-0.2, -0.15) is 0 Å². The zero-order chi connectivity index (χ0) is 25.1. The van der Waals surface area contributed by atoms with Crippen molar-refractivity contribution in [1.82, 2.24) is 19.4 Å². The largest absolute Gasteiger partial charge is 0.493 e. The van der Waals surface area contributed by atoms with Crippen LogP contribution in [0.15, 0.2) is 41.5 Å². The van der Waals surface area contributed by atoms with Crippen molar-refractivity contribution < 1.29 is 19.0 Å². The number of ether oxygens (including phenoxy) is 3. The van der Waals surface area contributed by atoms with Crippen molar-refractivity contribution in [3.63, 3.8) is 0 Å². The summed E-state index contributed by atoms with van der Waals surface area (Å²) >= 11 is 0. The molecule has 1 saturated heterocycles. The Balaban J connectivity index is 1.12. The number of nitrogens with zero attached hydrogens (tertiary/aromatic N) is 4. The van der Waals surface area contributed by atoms with E-state index >= 15 is 0 Å². The molecule has 190 valence electrons. The average Bonchev–Trinajstić information content (AvgIpc) is 3.37. The van der Waals surface area contributed by atoms with Gasteiger partial charge in [-0.3, -0.25) is 19.1 Å². The van der Waals surface area contributed by atoms with Gasteiger partial charge in [0.2, 0.25) is 5.91 Å². The van der Waals surface area contributed by atoms with E-state index in [1.165, 1.54) is 24.6 Å². The molecule has 0 saturated carbocycles. The molecule has 0 unspecified atom stereocenters. The van der Waals surface area contributed by atoms with Crippen LogP contribution in [0.5, 0.6) is 17.2 Å². The summed E-state index contributed by atoms with van der Waals surface area (Å²) in [5.74, 6) is 2.16. The number of benzene rings is 2. The standard InChI is InChI=1S/C27H32N4O5/c1-34-24-15-21-22(16-25(24)35-2)28-18-31(27(21)33)8-3-4-26(32)30-11-9-29(10-12-30)17-19-5-6-23-20(14-19)7-13-36-23/h5-6,14-16,18H,3-4,7-13,17H2,1-2H3. The van der Waals surface area contributed by atoms with Crippen molar-refractivity contribution in [2.45, 2.75) is 32.4 Å². The highest BCUT2D eigenvalue weighted by molar-refractivity contribution is 5.81. The smallest absolute Gasteiger partial charge is 0.261 e. The lowest BCUT2D eigenvalue weighted by molar-refractivity contribution is -0.133. The molecule has 0 N–H and O–H groups in total. The maximum Gasteiger partial charge on any atom is 0.261 e. The summed E-state index contributed by atoms with van der Waals surface area (Å²) in [6, 6.07) is 9.80. The van der Waals surface area contributed by atoms with Gasteiger partial charge in [-0.15, -0.1) is 0 Å². The first-order valence-electron chi connectivity index (χ1n) is 12.4. The Bertz CT molecular complexity index is 1310. The number of aryl methyl sites for hydroxylation is 1. The van der Waals surface area contributed by atoms with Gasteiger partial charge in [-0.25, -0.2) is 4.98 Å². The summed E-state index contributed by atoms with van der Waals surface area (Å²) in [6.45, 7) is 5.28. The highest BCUT2D eigenvalue weighted by Crippen LogP contribution is 2.30. The first-order valence-corrected chi connectivity index (χ1v) is 12.4. The number of carbonyl (C=O) groups excluding carboxylic acids is 1. The molecule has 0 atom stereocenters. The summed E-state index contributed by atoms with van der Waals surface area (Å²) in [7, 11) is 3.08. The van der Waals surface area contributed by atoms with E-state index in [-0.39, 0.29) is 11.5 Å². The summed E-state index contributed by atoms with van der Waals surface area (Å²) in [6.07, 6.45) is 3.50. The molecule has 3 heterocycles. The van der Waals surface area contributed by atoms with Crippen LogP contribution in [0.1, 0.15) is 24.0 Å². The minimum Gasteiger partial charge on any atom is -0.493 e. The van der Waals surface area contributed by atoms with Gasteiger partial charge in [0.05, 0.1) is 38.1 Å². The molecule has 2 aliphatic heterocycles. The molecule has 36 heavy (non-hydrogen) atoms. The van der Waals surface area contributed by atoms with Crippen molar-refractivity contribution in [3.05, 3.63) is 58.1 Å². The molecular formula is C27H32N4O5. The van der Waals surface area contributed by atoms with Crippen LogP contribution < -0.4 is 19.8 Å². The van der Waals surface area contributed by atoms with Gasteiger partial charge < -0.3 is 19.1 Å². The summed E-state index contributed by atoms with van der Waals surface area (Å²) in [4.78, 5) is 34.5. The molecule has 0 spiro atoms. The Hall–Kier alpha value is -3.59. The number of methoxy groups -OCH3 is 2. The first-order chi connectivity index (χ1) is 17.6. The molecule has 1 fully saturated rings. The molecular weight excluding hydrogens is 460 g/mol. The van der Waals surface area contributed by atoms with E-state index in [0.29, 0.717) is 41.8 Å². The summed E-state index contributed by atoms with van der Waals surface area (Å²) in [5, 5.41) is 0.466. The number of aromatic nitrogens is 2. The third kappa shape index (κ3) is 5.02. The number of hydrogen-bond donors (Lipinski definition) is 0. The van der Waals surface area contributed by atoms with Gasteiger partial charge in [0.1, 0.15) is 5.75 Å². The molecule has 0 bridgehead atoms. The fourth-order valence-electron chi connectivity index (χ4n) is 4.96. The van der Waals surface area contributed by atoms with Crippen molar-refractivity contribution in [2.24, 2.45) is 0 Å². The molecule has 9 nitrogen and oxygen atoms in total. The predicted molar refractivity (Wildman–Crippen MR) is 136 cm³/mol. The predicted octanol–water partition coefficient (Wildman–Crippen LogP) is 2.47. The van der Waals surface area contributed by atoms with Crippen molar-refractivity contribution in [1.29, 1.82) is 0 Å². The fraction of sp³-hybridized carbons (Fsp3) is 0.444. The fourth-order valence-corrected chi connectivity index (χ4v) is 4.96. The van der Waals surface area contributed by atoms with E-state index in [2.05, 4.69) is 28.1 Å². The Morgan fingerprint density at radius 2 is 1.83 bits per heavy atom. The third-order valence-corrected chi connectivity index (χ3v) is 7.00. The van der Waals surface area contributed by atoms with E-state index in [4.69, 9.17) is 14.2 Å². The molecule has 9 heteroatoms. The van der Waals surface area contributed by atoms with Crippen molar-refractivity contribution in [3.8, 4) is 17.2 Å². The Labute approximate surface area is 210 Å². The van der Waals surface area contributed by atoms with Gasteiger partial charge >= 0.3 is 0 Å². The number of rotatable bonds is 8. The van der Waals surface area contributed by atoms with E-state index in [1.54, 1.807) is 23.8 Å². The summed E-state index contributed by atoms with van der Waals surface area (Å²) < 4.78 is 17.8. The lowest BCUT2D eigenvalue weighted by Crippen LogP contribution is -2.48. The van der Waals surface area contributed by atoms with Gasteiger partial charge in [-0.05, 0) is 29.7 Å². The number of carbonyl (C=O) groups is 1. The van der Waals surface area contributed by atoms with Gasteiger partial charge in [0.15, 0.2) is 11.5 Å². The zero-order valence-corrected chi connectivity index (χ0v) is 20.9. The van der Waals surface area contributed by atoms with Crippen LogP contribution in [0, 0.1) is 0 Å². The molecule has 2 aliphatic rings. The van der Waals surface area contributed by atoms with Crippen LogP contribution in [0.2, 0.25) is 0 Å². The lowest BCUT2D eigenvalue weighted by Gasteiger charge is -2.35. The second-order valence-corrected chi connectivity index (χ2v) is 9.27. The molecule has 1 amide bonds. The Morgan fingerprint density at radius 1 is 1.06 bits per heavy atom. The lowest BCUT2D eigenvalue weighted by atomic mass is 10.1. The zero-order valence-electron chi connectivity index (χ0n) is 20.9. The van der Waals surface area contributed by atoms with E-state index in [1.807, 2.05) is 4.90 Å². The SMILES string of the molecule is COc1cc2ncn(CCCC(=O)N3CCN(Cc4ccc5c(c4)CCO5)CC3)c(=O)c2cc1OC. The molecule has 1 aromatic heterocycles. The maximum atomic E-state index is 12.9. The number of amides is 1. The molecule has 0 aliphatic carbocycles. The minimum absolute atomic E-state index is 0.137. The van der Waals surface area contributed by atoms with Gasteiger partial charge in [-0.1, -0.05) is 12.1 Å². The Morgan fingerprint density at radius 3 is 2.61 bits per heavy atom. The van der Waals surface area contributed by atoms with Gasteiger partial charge in [0.25, 0.3) is 5.56 Å². The second-order valence-electron chi connectivity index (χ2n) is 9.27. The molecule has 0 radical (unpaired) electrons. The highest BCUT2D eigenvalue weighted by Gasteiger charge is 2.22. The molecule has 5 rings (SSSR count). The van der Waals surface area contributed by atoms with E-state index < -0.39 is 0 Å². The van der Waals surface area contributed by atoms with Crippen LogP contribution in [0.3, 0.4) is 0 Å². The maximum absolute atomic E-state index is 12.9. The molecule has 2 aromatic carbocycles. The number of hydrogen-bond acceptors (Lipinski definition) is 7. The highest BCUT2D eigenvalue weighted by atomic mass is 16.5. The van der Waals surface area contributed by atoms with Crippen LogP contribution in [0.4, 0.5) is 0 Å². The normalized spacial score (nSPS) is 15.6. The van der Waals surface area contributed by atoms with Crippen molar-refractivity contribution >= 4 is 16.8 Å². The van der Waals surface area contributed by atoms with Crippen LogP contribution in [0.25, 0.3) is 10.9 Å². The minimum atomic E-state index is -0.153. The monoisotopic (exact) mass is 492 g/mol. The average molecular weight is 493 g/mol. The van der Waals surface area contributed by atoms with Crippen LogP contribution >= 0.6 is 0 Å². The number of fused-ring (bicyclic) bond motifs is 2.